The molecule has 2 aromatic carbocycles. The Morgan fingerprint density at radius 1 is 1.17 bits per heavy atom. The van der Waals surface area contributed by atoms with Gasteiger partial charge in [-0.25, -0.2) is 0 Å². The Labute approximate surface area is 145 Å². The van der Waals surface area contributed by atoms with Gasteiger partial charge in [0.15, 0.2) is 0 Å². The van der Waals surface area contributed by atoms with Crippen LogP contribution in [0.4, 0.5) is 0 Å². The lowest BCUT2D eigenvalue weighted by molar-refractivity contribution is 0.254. The predicted octanol–water partition coefficient (Wildman–Crippen LogP) is 4.43. The van der Waals surface area contributed by atoms with Gasteiger partial charge in [-0.1, -0.05) is 38.1 Å². The summed E-state index contributed by atoms with van der Waals surface area (Å²) in [6, 6.07) is 13.1. The van der Waals surface area contributed by atoms with Gasteiger partial charge in [-0.3, -0.25) is 0 Å². The molecule has 1 heterocycles. The van der Waals surface area contributed by atoms with Gasteiger partial charge >= 0.3 is 0 Å². The van der Waals surface area contributed by atoms with Crippen LogP contribution in [-0.4, -0.2) is 13.2 Å². The number of methoxy groups -OCH3 is 1. The minimum Gasteiger partial charge on any atom is -0.496 e. The van der Waals surface area contributed by atoms with E-state index in [4.69, 9.17) is 9.47 Å². The lowest BCUT2D eigenvalue weighted by Gasteiger charge is -2.12. The molecule has 3 nitrogen and oxygen atoms in total. The first-order valence-electron chi connectivity index (χ1n) is 8.73. The van der Waals surface area contributed by atoms with Crippen molar-refractivity contribution in [2.24, 2.45) is 0 Å². The summed E-state index contributed by atoms with van der Waals surface area (Å²) >= 11 is 0. The zero-order valence-electron chi connectivity index (χ0n) is 15.1. The van der Waals surface area contributed by atoms with Crippen LogP contribution in [0.3, 0.4) is 0 Å². The molecule has 2 aromatic rings. The second-order valence-electron chi connectivity index (χ2n) is 6.90. The third-order valence-electron chi connectivity index (χ3n) is 4.59. The van der Waals surface area contributed by atoms with Gasteiger partial charge in [-0.15, -0.1) is 0 Å². The largest absolute Gasteiger partial charge is 0.496 e. The highest BCUT2D eigenvalue weighted by Gasteiger charge is 2.21. The molecule has 0 spiro atoms. The number of hydrogen-bond donors (Lipinski definition) is 1. The Morgan fingerprint density at radius 2 is 1.92 bits per heavy atom. The van der Waals surface area contributed by atoms with Crippen LogP contribution in [0.5, 0.6) is 11.5 Å². The molecule has 0 aromatic heterocycles. The zero-order chi connectivity index (χ0) is 17.1. The van der Waals surface area contributed by atoms with Gasteiger partial charge in [0.2, 0.25) is 0 Å². The summed E-state index contributed by atoms with van der Waals surface area (Å²) in [6.45, 7) is 8.15. The summed E-state index contributed by atoms with van der Waals surface area (Å²) in [5.74, 6) is 2.51. The van der Waals surface area contributed by atoms with E-state index in [1.807, 2.05) is 0 Å². The van der Waals surface area contributed by atoms with Gasteiger partial charge in [0.1, 0.15) is 17.6 Å². The lowest BCUT2D eigenvalue weighted by Crippen LogP contribution is -2.13. The molecule has 128 valence electrons. The topological polar surface area (TPSA) is 30.5 Å². The van der Waals surface area contributed by atoms with E-state index in [0.29, 0.717) is 5.92 Å². The van der Waals surface area contributed by atoms with Crippen LogP contribution >= 0.6 is 0 Å². The van der Waals surface area contributed by atoms with Crippen molar-refractivity contribution in [3.05, 3.63) is 58.7 Å². The number of rotatable bonds is 6. The van der Waals surface area contributed by atoms with Crippen molar-refractivity contribution in [2.45, 2.75) is 52.3 Å². The van der Waals surface area contributed by atoms with Crippen molar-refractivity contribution in [3.8, 4) is 11.5 Å². The Bertz CT molecular complexity index is 692. The van der Waals surface area contributed by atoms with E-state index in [-0.39, 0.29) is 6.10 Å². The monoisotopic (exact) mass is 325 g/mol. The third kappa shape index (κ3) is 3.73. The summed E-state index contributed by atoms with van der Waals surface area (Å²) in [5, 5.41) is 3.51. The SMILES string of the molecule is COc1cc2c(cc1CNCc1ccc(C(C)C)cc1)OC(C)C2. The van der Waals surface area contributed by atoms with Gasteiger partial charge in [0.05, 0.1) is 7.11 Å². The molecule has 1 N–H and O–H groups in total. The molecule has 0 saturated heterocycles. The molecule has 3 heteroatoms. The van der Waals surface area contributed by atoms with E-state index in [1.165, 1.54) is 16.7 Å². The fourth-order valence-electron chi connectivity index (χ4n) is 3.17. The van der Waals surface area contributed by atoms with Crippen molar-refractivity contribution < 1.29 is 9.47 Å². The molecule has 1 atom stereocenters. The van der Waals surface area contributed by atoms with E-state index in [2.05, 4.69) is 62.5 Å². The van der Waals surface area contributed by atoms with Crippen molar-refractivity contribution >= 4 is 0 Å². The second-order valence-corrected chi connectivity index (χ2v) is 6.90. The molecule has 24 heavy (non-hydrogen) atoms. The van der Waals surface area contributed by atoms with E-state index in [0.717, 1.165) is 36.6 Å². The average molecular weight is 325 g/mol. The molecule has 1 unspecified atom stereocenters. The maximum atomic E-state index is 5.86. The molecule has 0 amide bonds. The van der Waals surface area contributed by atoms with Gasteiger partial charge < -0.3 is 14.8 Å². The van der Waals surface area contributed by atoms with Crippen LogP contribution in [0.25, 0.3) is 0 Å². The first kappa shape index (κ1) is 16.8. The van der Waals surface area contributed by atoms with Crippen LogP contribution in [0.15, 0.2) is 36.4 Å². The summed E-state index contributed by atoms with van der Waals surface area (Å²) in [5.41, 5.74) is 5.06. The quantitative estimate of drug-likeness (QED) is 0.852. The molecule has 1 aliphatic heterocycles. The number of ether oxygens (including phenoxy) is 2. The van der Waals surface area contributed by atoms with Crippen LogP contribution in [0.1, 0.15) is 48.9 Å². The van der Waals surface area contributed by atoms with Gasteiger partial charge in [0.25, 0.3) is 0 Å². The van der Waals surface area contributed by atoms with Crippen LogP contribution in [-0.2, 0) is 19.5 Å². The Hall–Kier alpha value is -2.00. The smallest absolute Gasteiger partial charge is 0.123 e. The number of hydrogen-bond acceptors (Lipinski definition) is 3. The molecular weight excluding hydrogens is 298 g/mol. The molecule has 3 rings (SSSR count). The maximum absolute atomic E-state index is 5.86. The molecule has 1 aliphatic rings. The number of fused-ring (bicyclic) bond motifs is 1. The summed E-state index contributed by atoms with van der Waals surface area (Å²) < 4.78 is 11.4. The minimum absolute atomic E-state index is 0.257. The first-order chi connectivity index (χ1) is 11.6. The Balaban J connectivity index is 1.63. The van der Waals surface area contributed by atoms with E-state index in [1.54, 1.807) is 7.11 Å². The lowest BCUT2D eigenvalue weighted by atomic mass is 10.0. The number of benzene rings is 2. The molecule has 0 aliphatic carbocycles. The van der Waals surface area contributed by atoms with Crippen molar-refractivity contribution in [1.29, 1.82) is 0 Å². The van der Waals surface area contributed by atoms with Crippen LogP contribution in [0.2, 0.25) is 0 Å². The summed E-state index contributed by atoms with van der Waals surface area (Å²) in [4.78, 5) is 0. The van der Waals surface area contributed by atoms with Crippen LogP contribution in [0, 0.1) is 0 Å². The molecular formula is C21H27NO2. The van der Waals surface area contributed by atoms with Crippen molar-refractivity contribution in [2.75, 3.05) is 7.11 Å². The van der Waals surface area contributed by atoms with Gasteiger partial charge in [0, 0.05) is 30.6 Å². The molecule has 0 bridgehead atoms. The standard InChI is InChI=1S/C21H27NO2/c1-14(2)17-7-5-16(6-8-17)12-22-13-19-11-21-18(9-15(3)24-21)10-20(19)23-4/h5-8,10-11,14-15,22H,9,12-13H2,1-4H3. The molecule has 0 radical (unpaired) electrons. The predicted molar refractivity (Wildman–Crippen MR) is 97.9 cm³/mol. The van der Waals surface area contributed by atoms with Crippen LogP contribution < -0.4 is 14.8 Å². The zero-order valence-corrected chi connectivity index (χ0v) is 15.1. The highest BCUT2D eigenvalue weighted by atomic mass is 16.5. The van der Waals surface area contributed by atoms with E-state index in [9.17, 15) is 0 Å². The van der Waals surface area contributed by atoms with E-state index < -0.39 is 0 Å². The van der Waals surface area contributed by atoms with Crippen molar-refractivity contribution in [3.63, 3.8) is 0 Å². The maximum Gasteiger partial charge on any atom is 0.123 e. The fourth-order valence-corrected chi connectivity index (χ4v) is 3.17. The number of nitrogens with one attached hydrogen (secondary N) is 1. The second kappa shape index (κ2) is 7.27. The molecule has 0 saturated carbocycles. The van der Waals surface area contributed by atoms with Crippen molar-refractivity contribution in [1.82, 2.24) is 5.32 Å². The summed E-state index contributed by atoms with van der Waals surface area (Å²) in [7, 11) is 1.73. The Morgan fingerprint density at radius 3 is 2.58 bits per heavy atom. The minimum atomic E-state index is 0.257. The third-order valence-corrected chi connectivity index (χ3v) is 4.59. The highest BCUT2D eigenvalue weighted by Crippen LogP contribution is 2.34. The molecule has 0 fully saturated rings. The fraction of sp³-hybridized carbons (Fsp3) is 0.429. The van der Waals surface area contributed by atoms with Gasteiger partial charge in [-0.05, 0) is 36.1 Å². The van der Waals surface area contributed by atoms with Gasteiger partial charge in [-0.2, -0.15) is 0 Å². The average Bonchev–Trinajstić information content (AvgIpc) is 2.93. The summed E-state index contributed by atoms with van der Waals surface area (Å²) in [6.07, 6.45) is 1.22. The van der Waals surface area contributed by atoms with E-state index >= 15 is 0 Å². The Kier molecular flexibility index (Phi) is 5.10. The highest BCUT2D eigenvalue weighted by molar-refractivity contribution is 5.48. The normalized spacial score (nSPS) is 16.1. The first-order valence-corrected chi connectivity index (χ1v) is 8.73.